The third kappa shape index (κ3) is 4.15. The second-order valence-corrected chi connectivity index (χ2v) is 7.07. The maximum atomic E-state index is 12.1. The number of ketones is 1. The summed E-state index contributed by atoms with van der Waals surface area (Å²) >= 11 is 7.15. The Bertz CT molecular complexity index is 913. The molecule has 0 aliphatic rings. The Morgan fingerprint density at radius 1 is 1.28 bits per heavy atom. The first-order valence-electron chi connectivity index (χ1n) is 7.63. The van der Waals surface area contributed by atoms with Crippen molar-refractivity contribution in [1.29, 1.82) is 0 Å². The van der Waals surface area contributed by atoms with Gasteiger partial charge in [-0.25, -0.2) is 4.98 Å². The minimum absolute atomic E-state index is 0.0557. The monoisotopic (exact) mass is 373 g/mol. The zero-order valence-corrected chi connectivity index (χ0v) is 15.1. The van der Waals surface area contributed by atoms with Gasteiger partial charge >= 0.3 is 0 Å². The van der Waals surface area contributed by atoms with Gasteiger partial charge in [-0.3, -0.25) is 9.79 Å². The number of carbonyl (C=O) groups is 1. The molecule has 2 heterocycles. The number of amidine groups is 1. The molecule has 0 amide bonds. The molecule has 3 rings (SSSR count). The minimum atomic E-state index is 0.0557. The van der Waals surface area contributed by atoms with Crippen LogP contribution in [-0.2, 0) is 6.42 Å². The summed E-state index contributed by atoms with van der Waals surface area (Å²) in [7, 11) is 1.65. The van der Waals surface area contributed by atoms with Crippen molar-refractivity contribution < 1.29 is 9.21 Å². The average molecular weight is 374 g/mol. The normalized spacial score (nSPS) is 11.7. The number of hydrogen-bond donors (Lipinski definition) is 1. The van der Waals surface area contributed by atoms with Crippen molar-refractivity contribution in [2.45, 2.75) is 12.8 Å². The van der Waals surface area contributed by atoms with Gasteiger partial charge in [-0.1, -0.05) is 23.7 Å². The molecule has 0 saturated carbocycles. The highest BCUT2D eigenvalue weighted by Gasteiger charge is 2.12. The Morgan fingerprint density at radius 2 is 2.04 bits per heavy atom. The molecule has 0 fully saturated rings. The molecule has 0 radical (unpaired) electrons. The molecule has 0 atom stereocenters. The van der Waals surface area contributed by atoms with Crippen LogP contribution in [0.1, 0.15) is 27.3 Å². The van der Waals surface area contributed by atoms with Crippen molar-refractivity contribution in [2.24, 2.45) is 10.7 Å². The topological polar surface area (TPSA) is 81.5 Å². The highest BCUT2D eigenvalue weighted by atomic mass is 35.5. The number of aromatic nitrogens is 1. The molecule has 0 bridgehead atoms. The summed E-state index contributed by atoms with van der Waals surface area (Å²) in [5.41, 5.74) is 8.20. The third-order valence-corrected chi connectivity index (χ3v) is 4.95. The van der Waals surface area contributed by atoms with Crippen LogP contribution in [0.4, 0.5) is 0 Å². The van der Waals surface area contributed by atoms with Gasteiger partial charge < -0.3 is 10.2 Å². The summed E-state index contributed by atoms with van der Waals surface area (Å²) in [4.78, 5) is 21.2. The van der Waals surface area contributed by atoms with Crippen LogP contribution in [-0.4, -0.2) is 23.7 Å². The highest BCUT2D eigenvalue weighted by Crippen LogP contribution is 2.24. The molecule has 7 heteroatoms. The van der Waals surface area contributed by atoms with E-state index in [2.05, 4.69) is 9.98 Å². The van der Waals surface area contributed by atoms with Crippen molar-refractivity contribution in [3.8, 4) is 11.5 Å². The van der Waals surface area contributed by atoms with Gasteiger partial charge in [0.2, 0.25) is 5.89 Å². The number of carbonyl (C=O) groups excluding carboxylic acids is 1. The van der Waals surface area contributed by atoms with Crippen LogP contribution in [0.5, 0.6) is 0 Å². The Morgan fingerprint density at radius 3 is 2.68 bits per heavy atom. The third-order valence-electron chi connectivity index (χ3n) is 3.68. The zero-order valence-electron chi connectivity index (χ0n) is 13.5. The van der Waals surface area contributed by atoms with E-state index in [1.54, 1.807) is 25.4 Å². The lowest BCUT2D eigenvalue weighted by atomic mass is 10.1. The lowest BCUT2D eigenvalue weighted by molar-refractivity contribution is 0.0986. The zero-order chi connectivity index (χ0) is 17.8. The second kappa shape index (κ2) is 7.63. The molecular weight excluding hydrogens is 358 g/mol. The van der Waals surface area contributed by atoms with Gasteiger partial charge in [-0.15, -0.1) is 11.3 Å². The van der Waals surface area contributed by atoms with Crippen molar-refractivity contribution >= 4 is 34.6 Å². The summed E-state index contributed by atoms with van der Waals surface area (Å²) in [5, 5.41) is 0. The molecule has 5 nitrogen and oxygen atoms in total. The molecule has 2 N–H and O–H groups in total. The molecule has 128 valence electrons. The molecule has 3 aromatic rings. The first kappa shape index (κ1) is 17.4. The maximum absolute atomic E-state index is 12.1. The molecule has 0 spiro atoms. The quantitative estimate of drug-likeness (QED) is 0.398. The number of halogens is 1. The van der Waals surface area contributed by atoms with Gasteiger partial charge in [0, 0.05) is 31.0 Å². The number of aliphatic imine (C=N–C) groups is 1. The molecule has 1 aromatic carbocycles. The maximum Gasteiger partial charge on any atom is 0.226 e. The summed E-state index contributed by atoms with van der Waals surface area (Å²) in [6.07, 6.45) is 2.47. The number of benzene rings is 1. The SMILES string of the molecule is CN=C(N)c1ccc(-c2nc(CCC(=O)c3ccc(Cl)s3)co2)cc1. The van der Waals surface area contributed by atoms with Crippen LogP contribution in [0.3, 0.4) is 0 Å². The number of nitrogens with zero attached hydrogens (tertiary/aromatic N) is 2. The van der Waals surface area contributed by atoms with Gasteiger partial charge in [0.15, 0.2) is 5.78 Å². The number of Topliss-reactive ketones (excluding diaryl/α,β-unsaturated/α-hetero) is 1. The summed E-state index contributed by atoms with van der Waals surface area (Å²) in [5.74, 6) is 1.05. The van der Waals surface area contributed by atoms with Crippen LogP contribution in [0.15, 0.2) is 52.1 Å². The summed E-state index contributed by atoms with van der Waals surface area (Å²) in [6.45, 7) is 0. The fraction of sp³-hybridized carbons (Fsp3) is 0.167. The minimum Gasteiger partial charge on any atom is -0.444 e. The van der Waals surface area contributed by atoms with Gasteiger partial charge in [-0.05, 0) is 24.3 Å². The lowest BCUT2D eigenvalue weighted by Crippen LogP contribution is -2.12. The van der Waals surface area contributed by atoms with E-state index >= 15 is 0 Å². The van der Waals surface area contributed by atoms with Gasteiger partial charge in [0.25, 0.3) is 0 Å². The Balaban J connectivity index is 1.65. The lowest BCUT2D eigenvalue weighted by Gasteiger charge is -2.00. The van der Waals surface area contributed by atoms with Gasteiger partial charge in [0.05, 0.1) is 14.9 Å². The molecule has 2 aromatic heterocycles. The molecule has 0 unspecified atom stereocenters. The van der Waals surface area contributed by atoms with Crippen LogP contribution >= 0.6 is 22.9 Å². The summed E-state index contributed by atoms with van der Waals surface area (Å²) in [6, 6.07) is 11.0. The molecule has 25 heavy (non-hydrogen) atoms. The van der Waals surface area contributed by atoms with Crippen LogP contribution in [0.25, 0.3) is 11.5 Å². The number of oxazole rings is 1. The Hall–Kier alpha value is -2.44. The van der Waals surface area contributed by atoms with Crippen molar-refractivity contribution in [1.82, 2.24) is 4.98 Å². The Kier molecular flexibility index (Phi) is 5.31. The second-order valence-electron chi connectivity index (χ2n) is 5.36. The molecule has 0 aliphatic carbocycles. The predicted molar refractivity (Wildman–Crippen MR) is 101 cm³/mol. The summed E-state index contributed by atoms with van der Waals surface area (Å²) < 4.78 is 6.13. The molecule has 0 aliphatic heterocycles. The van der Waals surface area contributed by atoms with Crippen LogP contribution in [0, 0.1) is 0 Å². The van der Waals surface area contributed by atoms with E-state index in [0.717, 1.165) is 16.8 Å². The van der Waals surface area contributed by atoms with Crippen LogP contribution < -0.4 is 5.73 Å². The Labute approximate surface area is 154 Å². The number of nitrogens with two attached hydrogens (primary N) is 1. The first-order valence-corrected chi connectivity index (χ1v) is 8.82. The predicted octanol–water partition coefficient (Wildman–Crippen LogP) is 4.21. The highest BCUT2D eigenvalue weighted by molar-refractivity contribution is 7.18. The number of rotatable bonds is 6. The fourth-order valence-corrected chi connectivity index (χ4v) is 3.31. The van der Waals surface area contributed by atoms with Crippen molar-refractivity contribution in [3.63, 3.8) is 0 Å². The number of thiophene rings is 1. The van der Waals surface area contributed by atoms with Crippen molar-refractivity contribution in [2.75, 3.05) is 7.05 Å². The number of aryl methyl sites for hydroxylation is 1. The van der Waals surface area contributed by atoms with E-state index in [1.165, 1.54) is 11.3 Å². The van der Waals surface area contributed by atoms with E-state index in [1.807, 2.05) is 24.3 Å². The van der Waals surface area contributed by atoms with Gasteiger partial charge in [-0.2, -0.15) is 0 Å². The van der Waals surface area contributed by atoms with E-state index < -0.39 is 0 Å². The molecular formula is C18H16ClN3O2S. The molecule has 0 saturated heterocycles. The van der Waals surface area contributed by atoms with E-state index in [4.69, 9.17) is 21.8 Å². The van der Waals surface area contributed by atoms with Crippen LogP contribution in [0.2, 0.25) is 4.34 Å². The standard InChI is InChI=1S/C18H16ClN3O2S/c1-21-17(20)11-2-4-12(5-3-11)18-22-13(10-24-18)6-7-14(23)15-8-9-16(19)25-15/h2-5,8-10H,6-7H2,1H3,(H2,20,21). The van der Waals surface area contributed by atoms with Crippen molar-refractivity contribution in [3.05, 3.63) is 63.1 Å². The largest absolute Gasteiger partial charge is 0.444 e. The number of hydrogen-bond acceptors (Lipinski definition) is 5. The average Bonchev–Trinajstić information content (AvgIpc) is 3.28. The van der Waals surface area contributed by atoms with E-state index in [0.29, 0.717) is 33.8 Å². The van der Waals surface area contributed by atoms with E-state index in [-0.39, 0.29) is 5.78 Å². The van der Waals surface area contributed by atoms with E-state index in [9.17, 15) is 4.79 Å². The first-order chi connectivity index (χ1) is 12.1. The van der Waals surface area contributed by atoms with Gasteiger partial charge in [0.1, 0.15) is 12.1 Å². The smallest absolute Gasteiger partial charge is 0.226 e. The fourth-order valence-electron chi connectivity index (χ4n) is 2.30.